The van der Waals surface area contributed by atoms with Crippen molar-refractivity contribution in [2.24, 2.45) is 0 Å². The lowest BCUT2D eigenvalue weighted by molar-refractivity contribution is -0.0422. The summed E-state index contributed by atoms with van der Waals surface area (Å²) in [5, 5.41) is 11.9. The molecule has 8 nitrogen and oxygen atoms in total. The molecule has 0 spiro atoms. The summed E-state index contributed by atoms with van der Waals surface area (Å²) in [6.07, 6.45) is 0.227. The van der Waals surface area contributed by atoms with Gasteiger partial charge in [-0.15, -0.1) is 0 Å². The van der Waals surface area contributed by atoms with Crippen molar-refractivity contribution in [3.05, 3.63) is 43.7 Å². The average molecular weight is 339 g/mol. The van der Waals surface area contributed by atoms with Crippen molar-refractivity contribution in [3.63, 3.8) is 0 Å². The van der Waals surface area contributed by atoms with E-state index in [4.69, 9.17) is 9.47 Å². The molecule has 3 atom stereocenters. The van der Waals surface area contributed by atoms with Gasteiger partial charge in [0.05, 0.1) is 12.3 Å². The first kappa shape index (κ1) is 15.9. The van der Waals surface area contributed by atoms with Crippen LogP contribution >= 0.6 is 11.3 Å². The molecular formula is C14H17N3O5S. The number of aromatic nitrogens is 3. The van der Waals surface area contributed by atoms with Crippen LogP contribution in [0.15, 0.2) is 21.2 Å². The van der Waals surface area contributed by atoms with Crippen LogP contribution in [0, 0.1) is 13.8 Å². The lowest BCUT2D eigenvalue weighted by atomic mass is 10.2. The molecule has 1 fully saturated rings. The number of aromatic amines is 1. The lowest BCUT2D eigenvalue weighted by Crippen LogP contribution is -2.33. The Morgan fingerprint density at radius 2 is 2.30 bits per heavy atom. The number of rotatable bonds is 4. The van der Waals surface area contributed by atoms with Crippen molar-refractivity contribution in [3.8, 4) is 5.19 Å². The van der Waals surface area contributed by atoms with Crippen LogP contribution in [0.1, 0.15) is 23.9 Å². The summed E-state index contributed by atoms with van der Waals surface area (Å²) in [6, 6.07) is 0. The number of aryl methyl sites for hydroxylation is 2. The van der Waals surface area contributed by atoms with E-state index in [9.17, 15) is 14.7 Å². The molecule has 0 radical (unpaired) electrons. The van der Waals surface area contributed by atoms with Crippen molar-refractivity contribution in [1.82, 2.24) is 14.5 Å². The Hall–Kier alpha value is -1.97. The zero-order valence-electron chi connectivity index (χ0n) is 12.7. The molecule has 2 N–H and O–H groups in total. The quantitative estimate of drug-likeness (QED) is 0.832. The molecule has 0 unspecified atom stereocenters. The van der Waals surface area contributed by atoms with Gasteiger partial charge in [-0.05, 0) is 13.8 Å². The van der Waals surface area contributed by atoms with E-state index in [1.807, 2.05) is 12.3 Å². The minimum Gasteiger partial charge on any atom is -0.464 e. The van der Waals surface area contributed by atoms with Gasteiger partial charge in [0.15, 0.2) is 0 Å². The number of hydrogen-bond acceptors (Lipinski definition) is 7. The van der Waals surface area contributed by atoms with Crippen molar-refractivity contribution >= 4 is 11.3 Å². The standard InChI is InChI=1S/C14H17N3O5S/c1-7-4-17(13(20)16-12(7)19)11-3-9(10(5-18)21-11)22-14-15-8(2)6-23-14/h4,6,9-11,18H,3,5H2,1-2H3,(H,16,19,20)/t9-,10+,11+/m0/s1. The van der Waals surface area contributed by atoms with Gasteiger partial charge in [0, 0.05) is 23.6 Å². The van der Waals surface area contributed by atoms with Gasteiger partial charge in [0.2, 0.25) is 0 Å². The molecule has 0 saturated carbocycles. The molecule has 2 aromatic heterocycles. The van der Waals surface area contributed by atoms with Crippen molar-refractivity contribution < 1.29 is 14.6 Å². The third-order valence-corrected chi connectivity index (χ3v) is 4.51. The van der Waals surface area contributed by atoms with E-state index < -0.39 is 29.7 Å². The van der Waals surface area contributed by atoms with E-state index in [1.54, 1.807) is 6.92 Å². The maximum Gasteiger partial charge on any atom is 0.330 e. The van der Waals surface area contributed by atoms with Crippen LogP contribution in [0.2, 0.25) is 0 Å². The Kier molecular flexibility index (Phi) is 4.33. The van der Waals surface area contributed by atoms with Crippen molar-refractivity contribution in [2.75, 3.05) is 6.61 Å². The average Bonchev–Trinajstić information content (AvgIpc) is 3.09. The SMILES string of the molecule is Cc1csc(O[C@H]2C[C@H](n3cc(C)c(=O)[nH]c3=O)O[C@@H]2CO)n1. The summed E-state index contributed by atoms with van der Waals surface area (Å²) in [7, 11) is 0. The molecule has 3 rings (SSSR count). The summed E-state index contributed by atoms with van der Waals surface area (Å²) in [5.41, 5.74) is 0.296. The first-order chi connectivity index (χ1) is 11.0. The molecule has 124 valence electrons. The molecule has 0 bridgehead atoms. The van der Waals surface area contributed by atoms with Crippen LogP contribution in [-0.2, 0) is 4.74 Å². The highest BCUT2D eigenvalue weighted by Crippen LogP contribution is 2.31. The Bertz CT molecular complexity index is 811. The number of nitrogens with one attached hydrogen (secondary N) is 1. The topological polar surface area (TPSA) is 106 Å². The second kappa shape index (κ2) is 6.26. The van der Waals surface area contributed by atoms with E-state index in [1.165, 1.54) is 22.1 Å². The molecule has 3 heterocycles. The third-order valence-electron chi connectivity index (χ3n) is 3.67. The van der Waals surface area contributed by atoms with Crippen LogP contribution in [0.3, 0.4) is 0 Å². The molecule has 0 amide bonds. The van der Waals surface area contributed by atoms with Crippen LogP contribution in [0.25, 0.3) is 0 Å². The fraction of sp³-hybridized carbons (Fsp3) is 0.500. The highest BCUT2D eigenvalue weighted by atomic mass is 32.1. The van der Waals surface area contributed by atoms with Crippen LogP contribution in [-0.4, -0.2) is 38.5 Å². The van der Waals surface area contributed by atoms with Gasteiger partial charge >= 0.3 is 5.69 Å². The molecule has 1 aliphatic rings. The largest absolute Gasteiger partial charge is 0.464 e. The van der Waals surface area contributed by atoms with Gasteiger partial charge in [0.1, 0.15) is 18.4 Å². The minimum atomic E-state index is -0.610. The van der Waals surface area contributed by atoms with E-state index in [2.05, 4.69) is 9.97 Å². The lowest BCUT2D eigenvalue weighted by Gasteiger charge is -2.15. The predicted molar refractivity (Wildman–Crippen MR) is 82.9 cm³/mol. The molecule has 23 heavy (non-hydrogen) atoms. The normalized spacial score (nSPS) is 24.0. The number of aliphatic hydroxyl groups excluding tert-OH is 1. The maximum absolute atomic E-state index is 12.0. The van der Waals surface area contributed by atoms with Gasteiger partial charge in [-0.3, -0.25) is 14.3 Å². The van der Waals surface area contributed by atoms with Crippen molar-refractivity contribution in [1.29, 1.82) is 0 Å². The Labute approximate surface area is 135 Å². The summed E-state index contributed by atoms with van der Waals surface area (Å²) < 4.78 is 12.8. The monoisotopic (exact) mass is 339 g/mol. The molecule has 1 saturated heterocycles. The van der Waals surface area contributed by atoms with E-state index in [0.717, 1.165) is 5.69 Å². The molecule has 2 aromatic rings. The maximum atomic E-state index is 12.0. The highest BCUT2D eigenvalue weighted by Gasteiger charge is 2.38. The van der Waals surface area contributed by atoms with Crippen LogP contribution < -0.4 is 16.0 Å². The van der Waals surface area contributed by atoms with E-state index in [-0.39, 0.29) is 6.61 Å². The fourth-order valence-electron chi connectivity index (χ4n) is 2.48. The fourth-order valence-corrected chi connectivity index (χ4v) is 3.18. The molecule has 1 aliphatic heterocycles. The number of ether oxygens (including phenoxy) is 2. The predicted octanol–water partition coefficient (Wildman–Crippen LogP) is 0.337. The van der Waals surface area contributed by atoms with Crippen LogP contribution in [0.5, 0.6) is 5.19 Å². The van der Waals surface area contributed by atoms with Gasteiger partial charge in [-0.1, -0.05) is 11.3 Å². The summed E-state index contributed by atoms with van der Waals surface area (Å²) >= 11 is 1.37. The number of aliphatic hydroxyl groups is 1. The zero-order chi connectivity index (χ0) is 16.6. The van der Waals surface area contributed by atoms with Gasteiger partial charge in [-0.25, -0.2) is 9.78 Å². The van der Waals surface area contributed by atoms with Gasteiger partial charge in [0.25, 0.3) is 10.8 Å². The second-order valence-electron chi connectivity index (χ2n) is 5.44. The Morgan fingerprint density at radius 1 is 1.52 bits per heavy atom. The summed E-state index contributed by atoms with van der Waals surface area (Å²) in [4.78, 5) is 29.9. The first-order valence-electron chi connectivity index (χ1n) is 7.15. The first-order valence-corrected chi connectivity index (χ1v) is 8.03. The number of H-pyrrole nitrogens is 1. The number of thiazole rings is 1. The minimum absolute atomic E-state index is 0.234. The smallest absolute Gasteiger partial charge is 0.330 e. The van der Waals surface area contributed by atoms with E-state index >= 15 is 0 Å². The zero-order valence-corrected chi connectivity index (χ0v) is 13.5. The summed E-state index contributed by atoms with van der Waals surface area (Å²) in [5.74, 6) is 0. The number of hydrogen-bond donors (Lipinski definition) is 2. The number of nitrogens with zero attached hydrogens (tertiary/aromatic N) is 2. The second-order valence-corrected chi connectivity index (χ2v) is 6.26. The highest BCUT2D eigenvalue weighted by molar-refractivity contribution is 7.11. The molecule has 9 heteroatoms. The molecular weight excluding hydrogens is 322 g/mol. The Balaban J connectivity index is 1.82. The molecule has 0 aliphatic carbocycles. The Morgan fingerprint density at radius 3 is 2.96 bits per heavy atom. The van der Waals surface area contributed by atoms with Crippen LogP contribution in [0.4, 0.5) is 0 Å². The van der Waals surface area contributed by atoms with Gasteiger partial charge in [-0.2, -0.15) is 0 Å². The van der Waals surface area contributed by atoms with Gasteiger partial charge < -0.3 is 14.6 Å². The van der Waals surface area contributed by atoms with Crippen molar-refractivity contribution in [2.45, 2.75) is 38.7 Å². The summed E-state index contributed by atoms with van der Waals surface area (Å²) in [6.45, 7) is 3.24. The molecule has 0 aromatic carbocycles. The van der Waals surface area contributed by atoms with E-state index in [0.29, 0.717) is 17.2 Å². The third kappa shape index (κ3) is 3.21.